The summed E-state index contributed by atoms with van der Waals surface area (Å²) in [5.74, 6) is 0.761. The minimum Gasteiger partial charge on any atom is -0.496 e. The summed E-state index contributed by atoms with van der Waals surface area (Å²) in [6.45, 7) is 8.05. The molecule has 2 aromatic rings. The zero-order valence-electron chi connectivity index (χ0n) is 15.8. The molecule has 138 valence electrons. The Kier molecular flexibility index (Phi) is 4.99. The molecule has 3 rings (SSSR count). The number of halogens is 1. The van der Waals surface area contributed by atoms with Gasteiger partial charge in [0.05, 0.1) is 18.3 Å². The van der Waals surface area contributed by atoms with Crippen molar-refractivity contribution in [1.82, 2.24) is 0 Å². The van der Waals surface area contributed by atoms with E-state index in [9.17, 15) is 4.39 Å². The van der Waals surface area contributed by atoms with E-state index in [1.54, 1.807) is 19.2 Å². The molecule has 0 amide bonds. The van der Waals surface area contributed by atoms with Crippen molar-refractivity contribution in [3.05, 3.63) is 53.8 Å². The van der Waals surface area contributed by atoms with E-state index < -0.39 is 24.1 Å². The summed E-state index contributed by atoms with van der Waals surface area (Å²) < 4.78 is 37.4. The van der Waals surface area contributed by atoms with Crippen LogP contribution in [-0.2, 0) is 15.9 Å². The van der Waals surface area contributed by atoms with Crippen molar-refractivity contribution in [2.24, 2.45) is 0 Å². The molecule has 0 atom stereocenters. The Bertz CT molecular complexity index is 775. The molecule has 1 aliphatic heterocycles. The van der Waals surface area contributed by atoms with Gasteiger partial charge in [-0.3, -0.25) is 0 Å². The van der Waals surface area contributed by atoms with Crippen LogP contribution in [-0.4, -0.2) is 25.4 Å². The Labute approximate surface area is 154 Å². The molecular weight excluding hydrogens is 334 g/mol. The van der Waals surface area contributed by atoms with Crippen LogP contribution >= 0.6 is 0 Å². The lowest BCUT2D eigenvalue weighted by Gasteiger charge is -2.32. The molecule has 1 heterocycles. The first-order chi connectivity index (χ1) is 12.2. The van der Waals surface area contributed by atoms with E-state index in [0.717, 1.165) is 11.3 Å². The van der Waals surface area contributed by atoms with Crippen molar-refractivity contribution >= 4 is 12.6 Å². The number of hydrogen-bond donors (Lipinski definition) is 0. The van der Waals surface area contributed by atoms with Crippen LogP contribution in [0.25, 0.3) is 0 Å². The van der Waals surface area contributed by atoms with Gasteiger partial charge in [-0.25, -0.2) is 4.39 Å². The van der Waals surface area contributed by atoms with Gasteiger partial charge in [0.15, 0.2) is 0 Å². The number of hydrogen-bond acceptors (Lipinski definition) is 4. The highest BCUT2D eigenvalue weighted by Gasteiger charge is 2.52. The fourth-order valence-corrected chi connectivity index (χ4v) is 2.74. The highest BCUT2D eigenvalue weighted by atomic mass is 19.1. The smallest absolute Gasteiger partial charge is 0.496 e. The van der Waals surface area contributed by atoms with Gasteiger partial charge in [0.2, 0.25) is 0 Å². The van der Waals surface area contributed by atoms with E-state index in [2.05, 4.69) is 0 Å². The minimum absolute atomic E-state index is 0.291. The van der Waals surface area contributed by atoms with Gasteiger partial charge in [-0.15, -0.1) is 0 Å². The molecule has 0 bridgehead atoms. The molecule has 0 spiro atoms. The van der Waals surface area contributed by atoms with Crippen LogP contribution < -0.4 is 14.9 Å². The van der Waals surface area contributed by atoms with Gasteiger partial charge >= 0.3 is 7.12 Å². The van der Waals surface area contributed by atoms with E-state index in [1.807, 2.05) is 52.0 Å². The molecule has 0 unspecified atom stereocenters. The van der Waals surface area contributed by atoms with Crippen LogP contribution in [0.4, 0.5) is 4.39 Å². The summed E-state index contributed by atoms with van der Waals surface area (Å²) in [5, 5.41) is 0. The predicted octanol–water partition coefficient (Wildman–Crippen LogP) is 3.71. The van der Waals surface area contributed by atoms with Crippen LogP contribution in [0.2, 0.25) is 0 Å². The zero-order chi connectivity index (χ0) is 18.9. The van der Waals surface area contributed by atoms with Gasteiger partial charge < -0.3 is 18.8 Å². The molecule has 0 N–H and O–H groups in total. The van der Waals surface area contributed by atoms with Gasteiger partial charge in [-0.05, 0) is 39.8 Å². The van der Waals surface area contributed by atoms with Crippen molar-refractivity contribution in [1.29, 1.82) is 0 Å². The number of rotatable bonds is 5. The van der Waals surface area contributed by atoms with Crippen molar-refractivity contribution in [2.75, 3.05) is 7.11 Å². The zero-order valence-corrected chi connectivity index (χ0v) is 15.8. The molecule has 1 fully saturated rings. The Hall–Kier alpha value is -2.05. The third kappa shape index (κ3) is 3.57. The maximum atomic E-state index is 14.6. The molecule has 4 nitrogen and oxygen atoms in total. The van der Waals surface area contributed by atoms with Crippen LogP contribution in [0, 0.1) is 5.82 Å². The summed E-state index contributed by atoms with van der Waals surface area (Å²) in [5.41, 5.74) is 0.241. The van der Waals surface area contributed by atoms with E-state index >= 15 is 0 Å². The van der Waals surface area contributed by atoms with Crippen LogP contribution in [0.3, 0.4) is 0 Å². The Morgan fingerprint density at radius 1 is 1.00 bits per heavy atom. The third-order valence-electron chi connectivity index (χ3n) is 5.07. The van der Waals surface area contributed by atoms with Crippen LogP contribution in [0.15, 0.2) is 42.5 Å². The monoisotopic (exact) mass is 358 g/mol. The predicted molar refractivity (Wildman–Crippen MR) is 99.4 cm³/mol. The highest BCUT2D eigenvalue weighted by molar-refractivity contribution is 6.62. The summed E-state index contributed by atoms with van der Waals surface area (Å²) in [6, 6.07) is 12.3. The second-order valence-electron chi connectivity index (χ2n) is 7.37. The lowest BCUT2D eigenvalue weighted by molar-refractivity contribution is 0.00578. The number of benzene rings is 2. The first-order valence-corrected chi connectivity index (χ1v) is 8.63. The number of methoxy groups -OCH3 is 1. The van der Waals surface area contributed by atoms with Gasteiger partial charge in [0, 0.05) is 17.1 Å². The van der Waals surface area contributed by atoms with E-state index in [4.69, 9.17) is 18.8 Å². The third-order valence-corrected chi connectivity index (χ3v) is 5.07. The highest BCUT2D eigenvalue weighted by Crippen LogP contribution is 2.36. The lowest BCUT2D eigenvalue weighted by atomic mass is 9.78. The fraction of sp³-hybridized carbons (Fsp3) is 0.400. The van der Waals surface area contributed by atoms with Gasteiger partial charge in [0.25, 0.3) is 0 Å². The first-order valence-electron chi connectivity index (χ1n) is 8.63. The second kappa shape index (κ2) is 6.93. The molecule has 1 saturated heterocycles. The quantitative estimate of drug-likeness (QED) is 0.764. The molecule has 1 aliphatic rings. The molecule has 0 aliphatic carbocycles. The average molecular weight is 358 g/mol. The lowest BCUT2D eigenvalue weighted by Crippen LogP contribution is -2.41. The Balaban J connectivity index is 1.72. The largest absolute Gasteiger partial charge is 0.497 e. The number of para-hydroxylation sites is 1. The van der Waals surface area contributed by atoms with Crippen LogP contribution in [0.1, 0.15) is 33.3 Å². The fourth-order valence-electron chi connectivity index (χ4n) is 2.74. The van der Waals surface area contributed by atoms with E-state index in [1.165, 1.54) is 6.07 Å². The molecule has 6 heteroatoms. The Morgan fingerprint density at radius 3 is 2.27 bits per heavy atom. The van der Waals surface area contributed by atoms with Gasteiger partial charge in [-0.1, -0.05) is 24.3 Å². The maximum absolute atomic E-state index is 14.6. The van der Waals surface area contributed by atoms with E-state index in [-0.39, 0.29) is 0 Å². The summed E-state index contributed by atoms with van der Waals surface area (Å²) in [7, 11) is 0.876. The SMILES string of the molecule is COc1ccccc1COc1ccc(B2OC(C)(C)C(C)(C)O2)c(F)c1. The molecule has 0 aromatic heterocycles. The standard InChI is InChI=1S/C20H24BFO4/c1-19(2)20(3,4)26-21(25-19)16-11-10-15(12-17(16)22)24-13-14-8-6-7-9-18(14)23-5/h6-12H,13H2,1-5H3. The van der Waals surface area contributed by atoms with Gasteiger partial charge in [0.1, 0.15) is 23.9 Å². The minimum atomic E-state index is -0.733. The molecule has 0 saturated carbocycles. The number of ether oxygens (including phenoxy) is 2. The van der Waals surface area contributed by atoms with Crippen molar-refractivity contribution in [3.8, 4) is 11.5 Å². The molecular formula is C20H24BFO4. The maximum Gasteiger partial charge on any atom is 0.497 e. The van der Waals surface area contributed by atoms with Crippen LogP contribution in [0.5, 0.6) is 11.5 Å². The molecule has 0 radical (unpaired) electrons. The molecule has 2 aromatic carbocycles. The second-order valence-corrected chi connectivity index (χ2v) is 7.37. The Morgan fingerprint density at radius 2 is 1.65 bits per heavy atom. The topological polar surface area (TPSA) is 36.9 Å². The first kappa shape index (κ1) is 18.7. The van der Waals surface area contributed by atoms with Crippen molar-refractivity contribution in [3.63, 3.8) is 0 Å². The summed E-state index contributed by atoms with van der Waals surface area (Å²) >= 11 is 0. The van der Waals surface area contributed by atoms with Crippen molar-refractivity contribution < 1.29 is 23.2 Å². The average Bonchev–Trinajstić information content (AvgIpc) is 2.80. The van der Waals surface area contributed by atoms with Crippen molar-refractivity contribution in [2.45, 2.75) is 45.5 Å². The molecule has 26 heavy (non-hydrogen) atoms. The normalized spacial score (nSPS) is 18.0. The summed E-state index contributed by atoms with van der Waals surface area (Å²) in [6.07, 6.45) is 0. The van der Waals surface area contributed by atoms with E-state index in [0.29, 0.717) is 17.8 Å². The van der Waals surface area contributed by atoms with Gasteiger partial charge in [-0.2, -0.15) is 0 Å². The summed E-state index contributed by atoms with van der Waals surface area (Å²) in [4.78, 5) is 0.